The van der Waals surface area contributed by atoms with E-state index in [1.165, 1.54) is 24.3 Å². The number of alkyl halides is 4. The van der Waals surface area contributed by atoms with Gasteiger partial charge in [-0.15, -0.1) is 0 Å². The van der Waals surface area contributed by atoms with Crippen LogP contribution in [0.15, 0.2) is 24.3 Å². The van der Waals surface area contributed by atoms with Crippen LogP contribution in [0.5, 0.6) is 0 Å². The number of hydrogen-bond acceptors (Lipinski definition) is 0. The van der Waals surface area contributed by atoms with E-state index >= 15 is 0 Å². The molecule has 0 aliphatic rings. The molecule has 0 radical (unpaired) electrons. The summed E-state index contributed by atoms with van der Waals surface area (Å²) in [6, 6.07) is 5.97. The van der Waals surface area contributed by atoms with Crippen molar-refractivity contribution in [3.63, 3.8) is 0 Å². The topological polar surface area (TPSA) is 0 Å². The van der Waals surface area contributed by atoms with E-state index in [9.17, 15) is 13.2 Å². The second-order valence-electron chi connectivity index (χ2n) is 5.33. The Morgan fingerprint density at radius 3 is 2.24 bits per heavy atom. The average Bonchev–Trinajstić information content (AvgIpc) is 2.41. The first-order chi connectivity index (χ1) is 9.84. The van der Waals surface area contributed by atoms with E-state index in [1.54, 1.807) is 0 Å². The van der Waals surface area contributed by atoms with Crippen molar-refractivity contribution in [2.45, 2.75) is 62.4 Å². The van der Waals surface area contributed by atoms with Crippen LogP contribution < -0.4 is 0 Å². The number of unbranched alkanes of at least 4 members (excludes halogenated alkanes) is 3. The van der Waals surface area contributed by atoms with Gasteiger partial charge in [0.05, 0.1) is 5.92 Å². The Labute approximate surface area is 138 Å². The molecule has 0 bridgehead atoms. The minimum absolute atomic E-state index is 0.0667. The summed E-state index contributed by atoms with van der Waals surface area (Å²) in [6.45, 7) is 2.12. The zero-order valence-electron chi connectivity index (χ0n) is 12.1. The number of benzene rings is 1. The van der Waals surface area contributed by atoms with Crippen molar-refractivity contribution in [1.29, 1.82) is 0 Å². The lowest BCUT2D eigenvalue weighted by Crippen LogP contribution is -2.23. The molecule has 5 heteroatoms. The molecule has 21 heavy (non-hydrogen) atoms. The van der Waals surface area contributed by atoms with Crippen LogP contribution in [0.1, 0.15) is 56.9 Å². The first kappa shape index (κ1) is 18.8. The molecule has 120 valence electrons. The van der Waals surface area contributed by atoms with Gasteiger partial charge in [-0.05, 0) is 30.5 Å². The maximum atomic E-state index is 13.3. The highest BCUT2D eigenvalue weighted by Crippen LogP contribution is 2.40. The van der Waals surface area contributed by atoms with E-state index in [4.69, 9.17) is 11.6 Å². The molecule has 0 aliphatic carbocycles. The van der Waals surface area contributed by atoms with E-state index < -0.39 is 12.1 Å². The lowest BCUT2D eigenvalue weighted by Gasteiger charge is -2.23. The van der Waals surface area contributed by atoms with E-state index in [0.717, 1.165) is 32.1 Å². The predicted molar refractivity (Wildman–Crippen MR) is 86.3 cm³/mol. The van der Waals surface area contributed by atoms with Crippen molar-refractivity contribution in [1.82, 2.24) is 0 Å². The van der Waals surface area contributed by atoms with Crippen molar-refractivity contribution in [3.05, 3.63) is 34.9 Å². The molecule has 0 fully saturated rings. The Morgan fingerprint density at radius 1 is 1.10 bits per heavy atom. The van der Waals surface area contributed by atoms with Gasteiger partial charge in [0.15, 0.2) is 0 Å². The van der Waals surface area contributed by atoms with Crippen molar-refractivity contribution < 1.29 is 13.2 Å². The SMILES string of the molecule is CCCCCC[C@H](Br)C[C@@H](c1ccc(Cl)cc1)C(F)(F)F. The molecule has 0 saturated heterocycles. The number of rotatable bonds is 8. The lowest BCUT2D eigenvalue weighted by atomic mass is 9.92. The van der Waals surface area contributed by atoms with Gasteiger partial charge in [-0.25, -0.2) is 0 Å². The third-order valence-electron chi connectivity index (χ3n) is 3.53. The number of hydrogen-bond donors (Lipinski definition) is 0. The minimum Gasteiger partial charge on any atom is -0.170 e. The van der Waals surface area contributed by atoms with Gasteiger partial charge in [0.25, 0.3) is 0 Å². The van der Waals surface area contributed by atoms with Gasteiger partial charge in [0.2, 0.25) is 0 Å². The minimum atomic E-state index is -4.23. The molecule has 1 rings (SSSR count). The quantitative estimate of drug-likeness (QED) is 0.330. The molecule has 0 saturated carbocycles. The van der Waals surface area contributed by atoms with Crippen molar-refractivity contribution in [3.8, 4) is 0 Å². The smallest absolute Gasteiger partial charge is 0.170 e. The van der Waals surface area contributed by atoms with E-state index in [1.807, 2.05) is 0 Å². The first-order valence-corrected chi connectivity index (χ1v) is 8.60. The highest BCUT2D eigenvalue weighted by molar-refractivity contribution is 9.09. The highest BCUT2D eigenvalue weighted by Gasteiger charge is 2.41. The summed E-state index contributed by atoms with van der Waals surface area (Å²) >= 11 is 9.15. The van der Waals surface area contributed by atoms with Crippen LogP contribution in [0.25, 0.3) is 0 Å². The Morgan fingerprint density at radius 2 is 1.71 bits per heavy atom. The molecule has 0 nitrogen and oxygen atoms in total. The predicted octanol–water partition coefficient (Wildman–Crippen LogP) is 7.11. The zero-order valence-corrected chi connectivity index (χ0v) is 14.4. The first-order valence-electron chi connectivity index (χ1n) is 7.30. The van der Waals surface area contributed by atoms with Gasteiger partial charge >= 0.3 is 6.18 Å². The highest BCUT2D eigenvalue weighted by atomic mass is 79.9. The summed E-state index contributed by atoms with van der Waals surface area (Å²) in [4.78, 5) is -0.114. The summed E-state index contributed by atoms with van der Waals surface area (Å²) in [6.07, 6.45) is 0.925. The van der Waals surface area contributed by atoms with Gasteiger partial charge in [-0.2, -0.15) is 13.2 Å². The van der Waals surface area contributed by atoms with Crippen LogP contribution in [0.2, 0.25) is 5.02 Å². The van der Waals surface area contributed by atoms with Crippen molar-refractivity contribution >= 4 is 27.5 Å². The Kier molecular flexibility index (Phi) is 8.10. The van der Waals surface area contributed by atoms with Crippen LogP contribution in [-0.2, 0) is 0 Å². The van der Waals surface area contributed by atoms with Crippen LogP contribution in [0.4, 0.5) is 13.2 Å². The molecule has 0 aliphatic heterocycles. The van der Waals surface area contributed by atoms with E-state index in [2.05, 4.69) is 22.9 Å². The van der Waals surface area contributed by atoms with E-state index in [-0.39, 0.29) is 16.8 Å². The number of halogens is 5. The summed E-state index contributed by atoms with van der Waals surface area (Å²) in [5.41, 5.74) is 0.282. The Balaban J connectivity index is 2.65. The van der Waals surface area contributed by atoms with Crippen LogP contribution in [-0.4, -0.2) is 11.0 Å². The summed E-state index contributed by atoms with van der Waals surface area (Å²) < 4.78 is 39.8. The monoisotopic (exact) mass is 384 g/mol. The Hall–Kier alpha value is -0.220. The molecule has 0 amide bonds. The second kappa shape index (κ2) is 9.04. The zero-order chi connectivity index (χ0) is 15.9. The molecular weight excluding hydrogens is 365 g/mol. The van der Waals surface area contributed by atoms with Gasteiger partial charge in [-0.1, -0.05) is 72.3 Å². The third-order valence-corrected chi connectivity index (χ3v) is 4.61. The summed E-state index contributed by atoms with van der Waals surface area (Å²) in [7, 11) is 0. The molecule has 0 unspecified atom stereocenters. The molecule has 0 N–H and O–H groups in total. The largest absolute Gasteiger partial charge is 0.395 e. The maximum Gasteiger partial charge on any atom is 0.395 e. The van der Waals surface area contributed by atoms with Gasteiger partial charge in [-0.3, -0.25) is 0 Å². The fraction of sp³-hybridized carbons (Fsp3) is 0.625. The molecule has 1 aromatic carbocycles. The standard InChI is InChI=1S/C16H21BrClF3/c1-2-3-4-5-6-13(17)11-15(16(19,20)21)12-7-9-14(18)10-8-12/h7-10,13,15H,2-6,11H2,1H3/t13-,15-/m0/s1. The van der Waals surface area contributed by atoms with Crippen molar-refractivity contribution in [2.75, 3.05) is 0 Å². The molecule has 0 heterocycles. The lowest BCUT2D eigenvalue weighted by molar-refractivity contribution is -0.151. The maximum absolute atomic E-state index is 13.3. The fourth-order valence-corrected chi connectivity index (χ4v) is 3.14. The summed E-state index contributed by atoms with van der Waals surface area (Å²) in [5.74, 6) is -1.44. The fourth-order valence-electron chi connectivity index (χ4n) is 2.32. The van der Waals surface area contributed by atoms with Crippen LogP contribution in [0, 0.1) is 0 Å². The molecule has 0 spiro atoms. The van der Waals surface area contributed by atoms with E-state index in [0.29, 0.717) is 5.02 Å². The Bertz CT molecular complexity index is 403. The third kappa shape index (κ3) is 7.05. The normalized spacial score (nSPS) is 15.0. The van der Waals surface area contributed by atoms with Gasteiger partial charge < -0.3 is 0 Å². The molecule has 0 aromatic heterocycles. The summed E-state index contributed by atoms with van der Waals surface area (Å²) in [5, 5.41) is 0.453. The molecular formula is C16H21BrClF3. The molecule has 2 atom stereocenters. The van der Waals surface area contributed by atoms with Gasteiger partial charge in [0.1, 0.15) is 0 Å². The average molecular weight is 386 g/mol. The molecule has 1 aromatic rings. The van der Waals surface area contributed by atoms with Gasteiger partial charge in [0, 0.05) is 9.85 Å². The van der Waals surface area contributed by atoms with Crippen molar-refractivity contribution in [2.24, 2.45) is 0 Å². The van der Waals surface area contributed by atoms with Crippen LogP contribution in [0.3, 0.4) is 0 Å². The second-order valence-corrected chi connectivity index (χ2v) is 7.06. The van der Waals surface area contributed by atoms with Crippen LogP contribution >= 0.6 is 27.5 Å².